The van der Waals surface area contributed by atoms with Crippen molar-refractivity contribution in [2.75, 3.05) is 5.33 Å². The highest BCUT2D eigenvalue weighted by Crippen LogP contribution is 2.12. The molecule has 1 rings (SSSR count). The van der Waals surface area contributed by atoms with E-state index >= 15 is 0 Å². The monoisotopic (exact) mass is 289 g/mol. The SMILES string of the molecule is CC(C)(CBr)NC(=O)c1ccc(Cl)cc1. The minimum absolute atomic E-state index is 0.0869. The molecule has 15 heavy (non-hydrogen) atoms. The third kappa shape index (κ3) is 3.84. The van der Waals surface area contributed by atoms with Crippen LogP contribution in [0.1, 0.15) is 24.2 Å². The molecule has 0 aliphatic rings. The van der Waals surface area contributed by atoms with E-state index < -0.39 is 0 Å². The molecule has 0 bridgehead atoms. The Kier molecular flexibility index (Phi) is 4.17. The highest BCUT2D eigenvalue weighted by Gasteiger charge is 2.19. The largest absolute Gasteiger partial charge is 0.346 e. The van der Waals surface area contributed by atoms with Crippen molar-refractivity contribution in [3.8, 4) is 0 Å². The molecule has 2 nitrogen and oxygen atoms in total. The van der Waals surface area contributed by atoms with Crippen LogP contribution in [-0.4, -0.2) is 16.8 Å². The lowest BCUT2D eigenvalue weighted by Gasteiger charge is -2.23. The summed E-state index contributed by atoms with van der Waals surface area (Å²) >= 11 is 9.09. The molecule has 1 amide bonds. The van der Waals surface area contributed by atoms with Gasteiger partial charge in [-0.3, -0.25) is 4.79 Å². The molecule has 1 aromatic carbocycles. The van der Waals surface area contributed by atoms with Crippen molar-refractivity contribution in [1.82, 2.24) is 5.32 Å². The molecule has 0 radical (unpaired) electrons. The van der Waals surface area contributed by atoms with Gasteiger partial charge >= 0.3 is 0 Å². The molecule has 0 aliphatic carbocycles. The zero-order valence-electron chi connectivity index (χ0n) is 8.68. The van der Waals surface area contributed by atoms with E-state index in [0.29, 0.717) is 15.9 Å². The highest BCUT2D eigenvalue weighted by atomic mass is 79.9. The molecule has 0 fully saturated rings. The lowest BCUT2D eigenvalue weighted by molar-refractivity contribution is 0.0921. The van der Waals surface area contributed by atoms with E-state index in [4.69, 9.17) is 11.6 Å². The molecule has 0 saturated heterocycles. The fraction of sp³-hybridized carbons (Fsp3) is 0.364. The fourth-order valence-corrected chi connectivity index (χ4v) is 1.28. The van der Waals surface area contributed by atoms with Gasteiger partial charge in [-0.25, -0.2) is 0 Å². The maximum absolute atomic E-state index is 11.8. The van der Waals surface area contributed by atoms with Crippen LogP contribution in [0, 0.1) is 0 Å². The van der Waals surface area contributed by atoms with Crippen molar-refractivity contribution in [2.24, 2.45) is 0 Å². The molecule has 4 heteroatoms. The normalized spacial score (nSPS) is 11.2. The average Bonchev–Trinajstić information content (AvgIpc) is 2.18. The van der Waals surface area contributed by atoms with Crippen LogP contribution < -0.4 is 5.32 Å². The number of hydrogen-bond acceptors (Lipinski definition) is 1. The number of nitrogens with one attached hydrogen (secondary N) is 1. The Morgan fingerprint density at radius 1 is 1.40 bits per heavy atom. The number of rotatable bonds is 3. The zero-order chi connectivity index (χ0) is 11.5. The van der Waals surface area contributed by atoms with Gasteiger partial charge in [0.2, 0.25) is 0 Å². The quantitative estimate of drug-likeness (QED) is 0.851. The number of amides is 1. The van der Waals surface area contributed by atoms with E-state index in [-0.39, 0.29) is 11.4 Å². The molecule has 0 unspecified atom stereocenters. The Labute approximate surface area is 103 Å². The topological polar surface area (TPSA) is 29.1 Å². The number of benzene rings is 1. The van der Waals surface area contributed by atoms with Crippen molar-refractivity contribution in [1.29, 1.82) is 0 Å². The number of carbonyl (C=O) groups is 1. The van der Waals surface area contributed by atoms with Crippen molar-refractivity contribution >= 4 is 33.4 Å². The van der Waals surface area contributed by atoms with Crippen molar-refractivity contribution in [3.05, 3.63) is 34.9 Å². The standard InChI is InChI=1S/C11H13BrClNO/c1-11(2,7-12)14-10(15)8-3-5-9(13)6-4-8/h3-6H,7H2,1-2H3,(H,14,15). The maximum atomic E-state index is 11.8. The minimum atomic E-state index is -0.253. The molecule has 1 aromatic rings. The van der Waals surface area contributed by atoms with Gasteiger partial charge in [-0.1, -0.05) is 27.5 Å². The van der Waals surface area contributed by atoms with Crippen LogP contribution in [0.5, 0.6) is 0 Å². The van der Waals surface area contributed by atoms with Crippen LogP contribution in [0.3, 0.4) is 0 Å². The molecular formula is C11H13BrClNO. The first-order chi connectivity index (χ1) is 6.94. The van der Waals surface area contributed by atoms with Crippen LogP contribution >= 0.6 is 27.5 Å². The van der Waals surface area contributed by atoms with E-state index in [1.54, 1.807) is 24.3 Å². The summed E-state index contributed by atoms with van der Waals surface area (Å²) in [6, 6.07) is 6.83. The fourth-order valence-electron chi connectivity index (χ4n) is 1.01. The molecule has 0 heterocycles. The second kappa shape index (κ2) is 4.99. The van der Waals surface area contributed by atoms with E-state index in [1.807, 2.05) is 13.8 Å². The third-order valence-electron chi connectivity index (χ3n) is 1.89. The third-order valence-corrected chi connectivity index (χ3v) is 3.55. The summed E-state index contributed by atoms with van der Waals surface area (Å²) in [5, 5.41) is 4.25. The smallest absolute Gasteiger partial charge is 0.251 e. The summed E-state index contributed by atoms with van der Waals surface area (Å²) < 4.78 is 0. The predicted molar refractivity (Wildman–Crippen MR) is 66.8 cm³/mol. The Morgan fingerprint density at radius 2 is 1.93 bits per heavy atom. The van der Waals surface area contributed by atoms with Crippen molar-refractivity contribution in [2.45, 2.75) is 19.4 Å². The van der Waals surface area contributed by atoms with Crippen molar-refractivity contribution < 1.29 is 4.79 Å². The molecule has 0 aliphatic heterocycles. The maximum Gasteiger partial charge on any atom is 0.251 e. The molecule has 0 saturated carbocycles. The second-order valence-corrected chi connectivity index (χ2v) is 4.98. The summed E-state index contributed by atoms with van der Waals surface area (Å²) in [6.45, 7) is 3.91. The van der Waals surface area contributed by atoms with Gasteiger partial charge in [-0.2, -0.15) is 0 Å². The summed E-state index contributed by atoms with van der Waals surface area (Å²) in [4.78, 5) is 11.8. The Morgan fingerprint density at radius 3 is 2.40 bits per heavy atom. The Balaban J connectivity index is 2.74. The predicted octanol–water partition coefficient (Wildman–Crippen LogP) is 3.24. The van der Waals surface area contributed by atoms with Gasteiger partial charge in [0.1, 0.15) is 0 Å². The van der Waals surface area contributed by atoms with E-state index in [0.717, 1.165) is 0 Å². The summed E-state index contributed by atoms with van der Waals surface area (Å²) in [5.41, 5.74) is 0.366. The summed E-state index contributed by atoms with van der Waals surface area (Å²) in [6.07, 6.45) is 0. The summed E-state index contributed by atoms with van der Waals surface area (Å²) in [7, 11) is 0. The first-order valence-electron chi connectivity index (χ1n) is 4.59. The average molecular weight is 291 g/mol. The molecule has 0 atom stereocenters. The summed E-state index contributed by atoms with van der Waals surface area (Å²) in [5.74, 6) is -0.0869. The lowest BCUT2D eigenvalue weighted by Crippen LogP contribution is -2.44. The number of carbonyl (C=O) groups excluding carboxylic acids is 1. The van der Waals surface area contributed by atoms with Gasteiger partial charge < -0.3 is 5.32 Å². The molecule has 0 aromatic heterocycles. The number of alkyl halides is 1. The van der Waals surface area contributed by atoms with Crippen LogP contribution in [-0.2, 0) is 0 Å². The van der Waals surface area contributed by atoms with Gasteiger partial charge in [0.25, 0.3) is 5.91 Å². The Hall–Kier alpha value is -0.540. The van der Waals surface area contributed by atoms with E-state index in [2.05, 4.69) is 21.2 Å². The molecular weight excluding hydrogens is 277 g/mol. The van der Waals surface area contributed by atoms with Crippen LogP contribution in [0.25, 0.3) is 0 Å². The first kappa shape index (κ1) is 12.5. The molecule has 1 N–H and O–H groups in total. The molecule has 82 valence electrons. The van der Waals surface area contributed by atoms with Gasteiger partial charge in [0, 0.05) is 21.5 Å². The molecule has 0 spiro atoms. The van der Waals surface area contributed by atoms with Gasteiger partial charge in [0.05, 0.1) is 0 Å². The number of hydrogen-bond donors (Lipinski definition) is 1. The van der Waals surface area contributed by atoms with E-state index in [1.165, 1.54) is 0 Å². The number of halogens is 2. The Bertz CT molecular complexity index is 348. The second-order valence-electron chi connectivity index (χ2n) is 3.98. The van der Waals surface area contributed by atoms with Crippen LogP contribution in [0.2, 0.25) is 5.02 Å². The van der Waals surface area contributed by atoms with E-state index in [9.17, 15) is 4.79 Å². The van der Waals surface area contributed by atoms with Crippen LogP contribution in [0.4, 0.5) is 0 Å². The zero-order valence-corrected chi connectivity index (χ0v) is 11.0. The van der Waals surface area contributed by atoms with Gasteiger partial charge in [-0.15, -0.1) is 0 Å². The van der Waals surface area contributed by atoms with Gasteiger partial charge in [0.15, 0.2) is 0 Å². The lowest BCUT2D eigenvalue weighted by atomic mass is 10.1. The van der Waals surface area contributed by atoms with Crippen LogP contribution in [0.15, 0.2) is 24.3 Å². The van der Waals surface area contributed by atoms with Crippen molar-refractivity contribution in [3.63, 3.8) is 0 Å². The first-order valence-corrected chi connectivity index (χ1v) is 6.08. The minimum Gasteiger partial charge on any atom is -0.346 e. The highest BCUT2D eigenvalue weighted by molar-refractivity contribution is 9.09. The van der Waals surface area contributed by atoms with Gasteiger partial charge in [-0.05, 0) is 38.1 Å².